The van der Waals surface area contributed by atoms with Crippen LogP contribution in [0.15, 0.2) is 5.10 Å². The van der Waals surface area contributed by atoms with Crippen LogP contribution in [0.1, 0.15) is 40.0 Å². The Kier molecular flexibility index (Phi) is 3.72. The van der Waals surface area contributed by atoms with Crippen molar-refractivity contribution in [2.45, 2.75) is 40.0 Å². The molecule has 0 radical (unpaired) electrons. The maximum atomic E-state index is 10.9. The summed E-state index contributed by atoms with van der Waals surface area (Å²) >= 11 is 0. The number of hydrogen-bond acceptors (Lipinski definition) is 3. The number of hydrazone groups is 1. The quantitative estimate of drug-likeness (QED) is 0.679. The Balaban J connectivity index is 2.58. The summed E-state index contributed by atoms with van der Waals surface area (Å²) in [6.45, 7) is 6.68. The van der Waals surface area contributed by atoms with E-state index in [0.29, 0.717) is 5.92 Å². The molecular formula is C11H20N2O2. The highest BCUT2D eigenvalue weighted by atomic mass is 16.5. The first-order valence-corrected chi connectivity index (χ1v) is 5.32. The predicted octanol–water partition coefficient (Wildman–Crippen LogP) is 2.54. The summed E-state index contributed by atoms with van der Waals surface area (Å²) in [5.41, 5.74) is 3.73. The van der Waals surface area contributed by atoms with Crippen molar-refractivity contribution in [3.05, 3.63) is 0 Å². The lowest BCUT2D eigenvalue weighted by atomic mass is 9.72. The Morgan fingerprint density at radius 1 is 1.60 bits per heavy atom. The van der Waals surface area contributed by atoms with Crippen molar-refractivity contribution in [3.63, 3.8) is 0 Å². The minimum Gasteiger partial charge on any atom is -0.452 e. The first kappa shape index (κ1) is 12.0. The molecule has 1 N–H and O–H groups in total. The van der Waals surface area contributed by atoms with Gasteiger partial charge >= 0.3 is 6.09 Å². The fourth-order valence-corrected chi connectivity index (χ4v) is 2.37. The van der Waals surface area contributed by atoms with Gasteiger partial charge in [0.15, 0.2) is 0 Å². The molecule has 1 rings (SSSR count). The van der Waals surface area contributed by atoms with Gasteiger partial charge in [-0.1, -0.05) is 20.8 Å². The van der Waals surface area contributed by atoms with Gasteiger partial charge in [0.05, 0.1) is 7.11 Å². The number of ether oxygens (including phenoxy) is 1. The van der Waals surface area contributed by atoms with E-state index in [-0.39, 0.29) is 5.41 Å². The second-order valence-electron chi connectivity index (χ2n) is 5.14. The molecule has 0 heterocycles. The third kappa shape index (κ3) is 3.90. The van der Waals surface area contributed by atoms with E-state index in [1.54, 1.807) is 0 Å². The monoisotopic (exact) mass is 212 g/mol. The zero-order valence-electron chi connectivity index (χ0n) is 9.96. The van der Waals surface area contributed by atoms with Crippen molar-refractivity contribution >= 4 is 11.8 Å². The maximum Gasteiger partial charge on any atom is 0.427 e. The van der Waals surface area contributed by atoms with E-state index in [1.165, 1.54) is 13.5 Å². The Morgan fingerprint density at radius 2 is 2.27 bits per heavy atom. The van der Waals surface area contributed by atoms with Crippen LogP contribution < -0.4 is 5.43 Å². The van der Waals surface area contributed by atoms with Gasteiger partial charge in [-0.2, -0.15) is 5.10 Å². The molecule has 86 valence electrons. The largest absolute Gasteiger partial charge is 0.452 e. The van der Waals surface area contributed by atoms with E-state index < -0.39 is 6.09 Å². The highest BCUT2D eigenvalue weighted by Crippen LogP contribution is 2.36. The molecule has 1 aliphatic carbocycles. The van der Waals surface area contributed by atoms with Gasteiger partial charge in [-0.3, -0.25) is 0 Å². The normalized spacial score (nSPS) is 27.5. The molecule has 1 aliphatic rings. The molecular weight excluding hydrogens is 192 g/mol. The first-order chi connectivity index (χ1) is 6.93. The van der Waals surface area contributed by atoms with Crippen molar-refractivity contribution in [1.82, 2.24) is 5.43 Å². The molecule has 4 heteroatoms. The highest BCUT2D eigenvalue weighted by Gasteiger charge is 2.29. The summed E-state index contributed by atoms with van der Waals surface area (Å²) in [6, 6.07) is 0. The van der Waals surface area contributed by atoms with Gasteiger partial charge in [-0.05, 0) is 30.6 Å². The zero-order chi connectivity index (χ0) is 11.5. The summed E-state index contributed by atoms with van der Waals surface area (Å²) < 4.78 is 4.46. The minimum atomic E-state index is -0.501. The van der Waals surface area contributed by atoms with E-state index in [9.17, 15) is 4.79 Å². The predicted molar refractivity (Wildman–Crippen MR) is 59.8 cm³/mol. The average molecular weight is 212 g/mol. The molecule has 0 spiro atoms. The number of rotatable bonds is 1. The van der Waals surface area contributed by atoms with Gasteiger partial charge in [0.25, 0.3) is 0 Å². The molecule has 0 bridgehead atoms. The number of carbonyl (C=O) groups is 1. The Hall–Kier alpha value is -1.06. The second-order valence-corrected chi connectivity index (χ2v) is 5.14. The van der Waals surface area contributed by atoms with Gasteiger partial charge in [-0.25, -0.2) is 10.2 Å². The molecule has 1 amide bonds. The molecule has 0 aromatic heterocycles. The molecule has 0 aliphatic heterocycles. The first-order valence-electron chi connectivity index (χ1n) is 5.32. The van der Waals surface area contributed by atoms with Crippen molar-refractivity contribution in [2.24, 2.45) is 16.4 Å². The number of carbonyl (C=O) groups excluding carboxylic acids is 1. The highest BCUT2D eigenvalue weighted by molar-refractivity contribution is 5.86. The lowest BCUT2D eigenvalue weighted by molar-refractivity contribution is 0.171. The summed E-state index contributed by atoms with van der Waals surface area (Å²) in [7, 11) is 1.34. The maximum absolute atomic E-state index is 10.9. The fourth-order valence-electron chi connectivity index (χ4n) is 2.37. The molecule has 0 aromatic rings. The fraction of sp³-hybridized carbons (Fsp3) is 0.818. The Bertz CT molecular complexity index is 272. The lowest BCUT2D eigenvalue weighted by Gasteiger charge is -2.34. The van der Waals surface area contributed by atoms with Crippen LogP contribution in [0.4, 0.5) is 4.79 Å². The third-order valence-electron chi connectivity index (χ3n) is 2.66. The molecule has 15 heavy (non-hydrogen) atoms. The van der Waals surface area contributed by atoms with Gasteiger partial charge in [0.1, 0.15) is 0 Å². The van der Waals surface area contributed by atoms with Crippen LogP contribution >= 0.6 is 0 Å². The van der Waals surface area contributed by atoms with Crippen LogP contribution in [0.2, 0.25) is 0 Å². The number of nitrogens with one attached hydrogen (secondary N) is 1. The molecule has 1 fully saturated rings. The average Bonchev–Trinajstić information content (AvgIpc) is 2.11. The summed E-state index contributed by atoms with van der Waals surface area (Å²) in [6.07, 6.45) is 2.62. The van der Waals surface area contributed by atoms with E-state index in [0.717, 1.165) is 18.6 Å². The minimum absolute atomic E-state index is 0.286. The van der Waals surface area contributed by atoms with Crippen LogP contribution in [0.5, 0.6) is 0 Å². The van der Waals surface area contributed by atoms with Crippen LogP contribution in [0, 0.1) is 11.3 Å². The summed E-state index contributed by atoms with van der Waals surface area (Å²) in [5, 5.41) is 4.09. The van der Waals surface area contributed by atoms with Gasteiger partial charge in [0.2, 0.25) is 0 Å². The molecule has 0 saturated heterocycles. The molecule has 4 nitrogen and oxygen atoms in total. The molecule has 1 unspecified atom stereocenters. The molecule has 1 saturated carbocycles. The van der Waals surface area contributed by atoms with Crippen LogP contribution in [-0.2, 0) is 4.74 Å². The van der Waals surface area contributed by atoms with E-state index >= 15 is 0 Å². The SMILES string of the molecule is COC(=O)N/N=C1\CC(C)CC(C)(C)C1. The number of nitrogens with zero attached hydrogens (tertiary/aromatic N) is 1. The number of methoxy groups -OCH3 is 1. The van der Waals surface area contributed by atoms with Gasteiger partial charge < -0.3 is 4.74 Å². The second kappa shape index (κ2) is 4.64. The van der Waals surface area contributed by atoms with Crippen molar-refractivity contribution < 1.29 is 9.53 Å². The van der Waals surface area contributed by atoms with Crippen LogP contribution in [0.3, 0.4) is 0 Å². The standard InChI is InChI=1S/C11H20N2O2/c1-8-5-9(7-11(2,3)6-8)12-13-10(14)15-4/h8H,5-7H2,1-4H3,(H,13,14)/b12-9+. The van der Waals surface area contributed by atoms with E-state index in [2.05, 4.69) is 36.0 Å². The zero-order valence-corrected chi connectivity index (χ0v) is 9.96. The van der Waals surface area contributed by atoms with E-state index in [4.69, 9.17) is 0 Å². The number of hydrogen-bond donors (Lipinski definition) is 1. The Morgan fingerprint density at radius 3 is 2.80 bits per heavy atom. The molecule has 0 aromatic carbocycles. The van der Waals surface area contributed by atoms with Crippen LogP contribution in [0.25, 0.3) is 0 Å². The van der Waals surface area contributed by atoms with Gasteiger partial charge in [0, 0.05) is 5.71 Å². The molecule has 1 atom stereocenters. The van der Waals surface area contributed by atoms with Crippen molar-refractivity contribution in [1.29, 1.82) is 0 Å². The Labute approximate surface area is 91.1 Å². The third-order valence-corrected chi connectivity index (χ3v) is 2.66. The number of amides is 1. The smallest absolute Gasteiger partial charge is 0.427 e. The van der Waals surface area contributed by atoms with Crippen LogP contribution in [-0.4, -0.2) is 18.9 Å². The van der Waals surface area contributed by atoms with Crippen molar-refractivity contribution in [3.8, 4) is 0 Å². The topological polar surface area (TPSA) is 50.7 Å². The summed E-state index contributed by atoms with van der Waals surface area (Å²) in [4.78, 5) is 10.9. The van der Waals surface area contributed by atoms with Crippen molar-refractivity contribution in [2.75, 3.05) is 7.11 Å². The lowest BCUT2D eigenvalue weighted by Crippen LogP contribution is -2.30. The summed E-state index contributed by atoms with van der Waals surface area (Å²) in [5.74, 6) is 0.631. The van der Waals surface area contributed by atoms with Gasteiger partial charge in [-0.15, -0.1) is 0 Å². The van der Waals surface area contributed by atoms with E-state index in [1.807, 2.05) is 0 Å².